The van der Waals surface area contributed by atoms with Crippen LogP contribution in [0.4, 0.5) is 0 Å². The number of unbranched alkanes of at least 4 members (excludes halogenated alkanes) is 1. The van der Waals surface area contributed by atoms with Gasteiger partial charge in [0.05, 0.1) is 0 Å². The molecule has 1 atom stereocenters. The lowest BCUT2D eigenvalue weighted by molar-refractivity contribution is 0.440. The van der Waals surface area contributed by atoms with E-state index in [4.69, 9.17) is 4.99 Å². The van der Waals surface area contributed by atoms with E-state index >= 15 is 0 Å². The fourth-order valence-electron chi connectivity index (χ4n) is 1.81. The van der Waals surface area contributed by atoms with Gasteiger partial charge in [0.2, 0.25) is 0 Å². The molecule has 0 N–H and O–H groups in total. The van der Waals surface area contributed by atoms with E-state index in [-0.39, 0.29) is 0 Å². The molecule has 0 aromatic carbocycles. The predicted octanol–water partition coefficient (Wildman–Crippen LogP) is 2.68. The van der Waals surface area contributed by atoms with Gasteiger partial charge in [-0.15, -0.1) is 0 Å². The van der Waals surface area contributed by atoms with Crippen LogP contribution in [-0.2, 0) is 0 Å². The highest BCUT2D eigenvalue weighted by Crippen LogP contribution is 2.13. The molecular formula is C13H29N3. The van der Waals surface area contributed by atoms with Crippen LogP contribution < -0.4 is 0 Å². The summed E-state index contributed by atoms with van der Waals surface area (Å²) in [5.41, 5.74) is 0. The Bertz CT molecular complexity index is 187. The topological polar surface area (TPSA) is 18.8 Å². The molecule has 0 saturated carbocycles. The van der Waals surface area contributed by atoms with Crippen molar-refractivity contribution in [3.8, 4) is 0 Å². The SMILES string of the molecule is CCCCC(CC)CN=C(N(C)C)N(C)C. The van der Waals surface area contributed by atoms with E-state index in [9.17, 15) is 0 Å². The molecule has 3 heteroatoms. The lowest BCUT2D eigenvalue weighted by Crippen LogP contribution is -2.35. The van der Waals surface area contributed by atoms with Crippen LogP contribution >= 0.6 is 0 Å². The molecule has 0 aliphatic heterocycles. The summed E-state index contributed by atoms with van der Waals surface area (Å²) in [4.78, 5) is 8.87. The average molecular weight is 227 g/mol. The first-order valence-electron chi connectivity index (χ1n) is 6.41. The lowest BCUT2D eigenvalue weighted by atomic mass is 10.00. The highest BCUT2D eigenvalue weighted by Gasteiger charge is 2.08. The van der Waals surface area contributed by atoms with Crippen LogP contribution in [0.2, 0.25) is 0 Å². The molecule has 0 aliphatic rings. The first-order valence-corrected chi connectivity index (χ1v) is 6.41. The third-order valence-electron chi connectivity index (χ3n) is 2.83. The molecule has 0 spiro atoms. The fourth-order valence-corrected chi connectivity index (χ4v) is 1.81. The zero-order chi connectivity index (χ0) is 12.6. The van der Waals surface area contributed by atoms with E-state index in [1.54, 1.807) is 0 Å². The normalized spacial score (nSPS) is 12.1. The van der Waals surface area contributed by atoms with Gasteiger partial charge in [-0.05, 0) is 12.3 Å². The van der Waals surface area contributed by atoms with E-state index in [1.165, 1.54) is 25.7 Å². The third-order valence-corrected chi connectivity index (χ3v) is 2.83. The Labute approximate surface area is 102 Å². The Kier molecular flexibility index (Phi) is 8.04. The second-order valence-corrected chi connectivity index (χ2v) is 4.85. The second kappa shape index (κ2) is 8.43. The molecule has 0 fully saturated rings. The van der Waals surface area contributed by atoms with Crippen LogP contribution in [0.25, 0.3) is 0 Å². The van der Waals surface area contributed by atoms with Crippen molar-refractivity contribution >= 4 is 5.96 Å². The summed E-state index contributed by atoms with van der Waals surface area (Å²) in [7, 11) is 8.19. The maximum atomic E-state index is 4.72. The molecule has 96 valence electrons. The molecule has 0 aromatic rings. The quantitative estimate of drug-likeness (QED) is 0.513. The van der Waals surface area contributed by atoms with E-state index in [0.717, 1.165) is 18.4 Å². The van der Waals surface area contributed by atoms with E-state index < -0.39 is 0 Å². The Balaban J connectivity index is 4.26. The van der Waals surface area contributed by atoms with Crippen molar-refractivity contribution in [3.05, 3.63) is 0 Å². The average Bonchev–Trinajstić information content (AvgIpc) is 2.22. The summed E-state index contributed by atoms with van der Waals surface area (Å²) in [6, 6.07) is 0. The number of aliphatic imine (C=N–C) groups is 1. The lowest BCUT2D eigenvalue weighted by Gasteiger charge is -2.23. The minimum absolute atomic E-state index is 0.745. The van der Waals surface area contributed by atoms with Gasteiger partial charge < -0.3 is 9.80 Å². The smallest absolute Gasteiger partial charge is 0.195 e. The van der Waals surface area contributed by atoms with Gasteiger partial charge in [-0.3, -0.25) is 4.99 Å². The first-order chi connectivity index (χ1) is 7.52. The number of nitrogens with zero attached hydrogens (tertiary/aromatic N) is 3. The molecule has 16 heavy (non-hydrogen) atoms. The Morgan fingerprint density at radius 3 is 2.00 bits per heavy atom. The van der Waals surface area contributed by atoms with Crippen LogP contribution in [-0.4, -0.2) is 50.5 Å². The van der Waals surface area contributed by atoms with Crippen LogP contribution in [0.15, 0.2) is 4.99 Å². The van der Waals surface area contributed by atoms with Gasteiger partial charge in [-0.25, -0.2) is 0 Å². The number of rotatable bonds is 6. The largest absolute Gasteiger partial charge is 0.349 e. The van der Waals surface area contributed by atoms with Crippen LogP contribution in [0.1, 0.15) is 39.5 Å². The molecule has 1 unspecified atom stereocenters. The number of hydrogen-bond acceptors (Lipinski definition) is 1. The van der Waals surface area contributed by atoms with Gasteiger partial charge in [0.15, 0.2) is 5.96 Å². The minimum Gasteiger partial charge on any atom is -0.349 e. The van der Waals surface area contributed by atoms with Gasteiger partial charge in [-0.2, -0.15) is 0 Å². The van der Waals surface area contributed by atoms with Gasteiger partial charge in [0.25, 0.3) is 0 Å². The van der Waals surface area contributed by atoms with Crippen molar-refractivity contribution in [2.75, 3.05) is 34.7 Å². The van der Waals surface area contributed by atoms with Crippen molar-refractivity contribution in [2.24, 2.45) is 10.9 Å². The second-order valence-electron chi connectivity index (χ2n) is 4.85. The monoisotopic (exact) mass is 227 g/mol. The highest BCUT2D eigenvalue weighted by molar-refractivity contribution is 5.79. The Morgan fingerprint density at radius 2 is 1.62 bits per heavy atom. The predicted molar refractivity (Wildman–Crippen MR) is 73.0 cm³/mol. The fraction of sp³-hybridized carbons (Fsp3) is 0.923. The summed E-state index contributed by atoms with van der Waals surface area (Å²) in [6.45, 7) is 5.48. The van der Waals surface area contributed by atoms with Gasteiger partial charge in [0.1, 0.15) is 0 Å². The molecular weight excluding hydrogens is 198 g/mol. The summed E-state index contributed by atoms with van der Waals surface area (Å²) < 4.78 is 0. The van der Waals surface area contributed by atoms with Crippen LogP contribution in [0, 0.1) is 5.92 Å². The van der Waals surface area contributed by atoms with Crippen molar-refractivity contribution in [2.45, 2.75) is 39.5 Å². The van der Waals surface area contributed by atoms with Crippen LogP contribution in [0.3, 0.4) is 0 Å². The maximum absolute atomic E-state index is 4.72. The first kappa shape index (κ1) is 15.3. The van der Waals surface area contributed by atoms with E-state index in [0.29, 0.717) is 0 Å². The highest BCUT2D eigenvalue weighted by atomic mass is 15.3. The maximum Gasteiger partial charge on any atom is 0.195 e. The molecule has 0 radical (unpaired) electrons. The molecule has 3 nitrogen and oxygen atoms in total. The standard InChI is InChI=1S/C13H29N3/c1-7-9-10-12(8-2)11-14-13(15(3)4)16(5)6/h12H,7-11H2,1-6H3. The molecule has 0 saturated heterocycles. The van der Waals surface area contributed by atoms with Gasteiger partial charge in [-0.1, -0.05) is 33.1 Å². The number of hydrogen-bond donors (Lipinski definition) is 0. The Morgan fingerprint density at radius 1 is 1.06 bits per heavy atom. The van der Waals surface area contributed by atoms with E-state index in [1.807, 2.05) is 28.2 Å². The Hall–Kier alpha value is -0.730. The molecule has 0 amide bonds. The summed E-state index contributed by atoms with van der Waals surface area (Å²) in [6.07, 6.45) is 5.16. The summed E-state index contributed by atoms with van der Waals surface area (Å²) in [5, 5.41) is 0. The zero-order valence-corrected chi connectivity index (χ0v) is 12.0. The van der Waals surface area contributed by atoms with Gasteiger partial charge >= 0.3 is 0 Å². The molecule has 0 heterocycles. The van der Waals surface area contributed by atoms with Crippen molar-refractivity contribution < 1.29 is 0 Å². The van der Waals surface area contributed by atoms with Crippen LogP contribution in [0.5, 0.6) is 0 Å². The molecule has 0 aromatic heterocycles. The summed E-state index contributed by atoms with van der Waals surface area (Å²) >= 11 is 0. The van der Waals surface area contributed by atoms with Crippen molar-refractivity contribution in [1.82, 2.24) is 9.80 Å². The molecule has 0 bridgehead atoms. The minimum atomic E-state index is 0.745. The number of guanidine groups is 1. The van der Waals surface area contributed by atoms with Crippen molar-refractivity contribution in [1.29, 1.82) is 0 Å². The van der Waals surface area contributed by atoms with E-state index in [2.05, 4.69) is 23.6 Å². The molecule has 0 rings (SSSR count). The molecule has 0 aliphatic carbocycles. The van der Waals surface area contributed by atoms with Crippen molar-refractivity contribution in [3.63, 3.8) is 0 Å². The third kappa shape index (κ3) is 5.99. The zero-order valence-electron chi connectivity index (χ0n) is 12.0. The van der Waals surface area contributed by atoms with Gasteiger partial charge in [0, 0.05) is 34.7 Å². The summed E-state index contributed by atoms with van der Waals surface area (Å²) in [5.74, 6) is 1.81.